The first kappa shape index (κ1) is 18.8. The van der Waals surface area contributed by atoms with E-state index in [1.165, 1.54) is 11.8 Å². The Hall–Kier alpha value is -3.50. The molecule has 29 heavy (non-hydrogen) atoms. The van der Waals surface area contributed by atoms with Crippen molar-refractivity contribution in [1.29, 1.82) is 5.26 Å². The van der Waals surface area contributed by atoms with Crippen LogP contribution in [0.15, 0.2) is 54.9 Å². The summed E-state index contributed by atoms with van der Waals surface area (Å²) >= 11 is 0. The van der Waals surface area contributed by atoms with Crippen LogP contribution in [0.3, 0.4) is 0 Å². The van der Waals surface area contributed by atoms with Gasteiger partial charge in [0.1, 0.15) is 6.07 Å². The molecular weight excluding hydrogens is 366 g/mol. The fourth-order valence-electron chi connectivity index (χ4n) is 3.24. The second kappa shape index (κ2) is 7.86. The van der Waals surface area contributed by atoms with E-state index in [2.05, 4.69) is 34.5 Å². The van der Waals surface area contributed by atoms with Crippen molar-refractivity contribution < 1.29 is 9.53 Å². The van der Waals surface area contributed by atoms with Crippen molar-refractivity contribution in [3.05, 3.63) is 77.2 Å². The third kappa shape index (κ3) is 4.33. The summed E-state index contributed by atoms with van der Waals surface area (Å²) in [4.78, 5) is 16.6. The zero-order valence-corrected chi connectivity index (χ0v) is 16.1. The van der Waals surface area contributed by atoms with Gasteiger partial charge in [-0.3, -0.25) is 14.5 Å². The van der Waals surface area contributed by atoms with Gasteiger partial charge in [-0.2, -0.15) is 10.4 Å². The number of carbonyl (C=O) groups excluding carboxylic acids is 1. The van der Waals surface area contributed by atoms with Crippen molar-refractivity contribution in [3.8, 4) is 6.07 Å². The lowest BCUT2D eigenvalue weighted by molar-refractivity contribution is -0.115. The van der Waals surface area contributed by atoms with E-state index in [0.717, 1.165) is 24.5 Å². The van der Waals surface area contributed by atoms with Crippen LogP contribution in [0.25, 0.3) is 0 Å². The highest BCUT2D eigenvalue weighted by Gasteiger charge is 2.34. The molecule has 1 amide bonds. The van der Waals surface area contributed by atoms with Gasteiger partial charge in [-0.05, 0) is 23.3 Å². The Morgan fingerprint density at radius 2 is 2.03 bits per heavy atom. The van der Waals surface area contributed by atoms with E-state index in [1.807, 2.05) is 18.2 Å². The number of hydrogen-bond donors (Lipinski definition) is 1. The molecule has 0 radical (unpaired) electrons. The fraction of sp³-hybridized carbons (Fsp3) is 0.273. The molecule has 2 aromatic heterocycles. The summed E-state index contributed by atoms with van der Waals surface area (Å²) in [6.45, 7) is 4.13. The highest BCUT2D eigenvalue weighted by molar-refractivity contribution is 5.91. The maximum atomic E-state index is 12.3. The number of amides is 1. The maximum absolute atomic E-state index is 12.3. The lowest BCUT2D eigenvalue weighted by atomic mass is 9.80. The highest BCUT2D eigenvalue weighted by Crippen LogP contribution is 2.31. The first-order valence-corrected chi connectivity index (χ1v) is 9.40. The van der Waals surface area contributed by atoms with Crippen molar-refractivity contribution >= 4 is 11.7 Å². The van der Waals surface area contributed by atoms with Crippen molar-refractivity contribution in [2.24, 2.45) is 0 Å². The summed E-state index contributed by atoms with van der Waals surface area (Å²) < 4.78 is 7.01. The number of carbonyl (C=O) groups is 1. The van der Waals surface area contributed by atoms with Crippen LogP contribution in [0.5, 0.6) is 0 Å². The molecule has 0 saturated carbocycles. The first-order chi connectivity index (χ1) is 14.0. The molecule has 0 spiro atoms. The van der Waals surface area contributed by atoms with Gasteiger partial charge >= 0.3 is 0 Å². The zero-order chi connectivity index (χ0) is 20.3. The molecule has 1 fully saturated rings. The number of nitrogens with zero attached hydrogens (tertiary/aromatic N) is 4. The monoisotopic (exact) mass is 387 g/mol. The number of ether oxygens (including phenoxy) is 1. The Kier molecular flexibility index (Phi) is 5.10. The third-order valence-corrected chi connectivity index (χ3v) is 5.04. The molecule has 0 atom stereocenters. The van der Waals surface area contributed by atoms with Crippen LogP contribution in [0.4, 0.5) is 5.82 Å². The van der Waals surface area contributed by atoms with Gasteiger partial charge in [-0.25, -0.2) is 0 Å². The molecule has 3 heterocycles. The molecule has 1 N–H and O–H groups in total. The van der Waals surface area contributed by atoms with Gasteiger partial charge in [0.2, 0.25) is 5.91 Å². The molecule has 1 aliphatic heterocycles. The summed E-state index contributed by atoms with van der Waals surface area (Å²) in [5.74, 6) is 0.386. The number of nitriles is 1. The predicted molar refractivity (Wildman–Crippen MR) is 107 cm³/mol. The highest BCUT2D eigenvalue weighted by atomic mass is 16.5. The smallest absolute Gasteiger partial charge is 0.229 e. The van der Waals surface area contributed by atoms with Crippen molar-refractivity contribution in [2.75, 3.05) is 18.5 Å². The normalized spacial score (nSPS) is 14.6. The number of rotatable bonds is 6. The molecule has 7 nitrogen and oxygen atoms in total. The Balaban J connectivity index is 1.32. The van der Waals surface area contributed by atoms with Crippen molar-refractivity contribution in [1.82, 2.24) is 14.8 Å². The van der Waals surface area contributed by atoms with E-state index in [4.69, 9.17) is 10.00 Å². The van der Waals surface area contributed by atoms with Crippen LogP contribution in [0, 0.1) is 11.3 Å². The minimum absolute atomic E-state index is 0.0946. The van der Waals surface area contributed by atoms with Crippen LogP contribution >= 0.6 is 0 Å². The Morgan fingerprint density at radius 3 is 2.66 bits per heavy atom. The number of hydrogen-bond acceptors (Lipinski definition) is 5. The average Bonchev–Trinajstić information content (AvgIpc) is 3.14. The van der Waals surface area contributed by atoms with Crippen LogP contribution in [-0.4, -0.2) is 33.9 Å². The lowest BCUT2D eigenvalue weighted by Crippen LogP contribution is -2.43. The second-order valence-corrected chi connectivity index (χ2v) is 7.52. The minimum atomic E-state index is -0.113. The van der Waals surface area contributed by atoms with Gasteiger partial charge in [0, 0.05) is 23.9 Å². The number of pyridine rings is 1. The van der Waals surface area contributed by atoms with Gasteiger partial charge in [0.15, 0.2) is 5.82 Å². The van der Waals surface area contributed by atoms with Crippen molar-refractivity contribution in [2.45, 2.75) is 25.3 Å². The molecule has 0 bridgehead atoms. The van der Waals surface area contributed by atoms with Crippen LogP contribution in [-0.2, 0) is 27.9 Å². The van der Waals surface area contributed by atoms with E-state index >= 15 is 0 Å². The van der Waals surface area contributed by atoms with Gasteiger partial charge < -0.3 is 10.1 Å². The summed E-state index contributed by atoms with van der Waals surface area (Å²) in [6.07, 6.45) is 3.61. The standard InChI is InChI=1S/C22H21N5O2/c1-22(14-29-15-22)18-5-2-16(3-6-18)10-21(28)25-20-8-9-27(26-20)13-19-7-4-17(11-23)12-24-19/h2-9,12H,10,13-15H2,1H3,(H,25,26,28). The van der Waals surface area contributed by atoms with Crippen LogP contribution in [0.2, 0.25) is 0 Å². The van der Waals surface area contributed by atoms with Gasteiger partial charge in [-0.15, -0.1) is 0 Å². The molecule has 0 unspecified atom stereocenters. The number of anilines is 1. The maximum Gasteiger partial charge on any atom is 0.229 e. The van der Waals surface area contributed by atoms with Gasteiger partial charge in [-0.1, -0.05) is 31.2 Å². The molecule has 1 saturated heterocycles. The van der Waals surface area contributed by atoms with Crippen molar-refractivity contribution in [3.63, 3.8) is 0 Å². The third-order valence-electron chi connectivity index (χ3n) is 5.04. The second-order valence-electron chi connectivity index (χ2n) is 7.52. The quantitative estimate of drug-likeness (QED) is 0.702. The molecule has 1 aromatic carbocycles. The molecule has 0 aliphatic carbocycles. The average molecular weight is 387 g/mol. The fourth-order valence-corrected chi connectivity index (χ4v) is 3.24. The van der Waals surface area contributed by atoms with Crippen LogP contribution in [0.1, 0.15) is 29.3 Å². The number of nitrogens with one attached hydrogen (secondary N) is 1. The topological polar surface area (TPSA) is 92.8 Å². The summed E-state index contributed by atoms with van der Waals surface area (Å²) in [5.41, 5.74) is 3.59. The van der Waals surface area contributed by atoms with E-state index < -0.39 is 0 Å². The van der Waals surface area contributed by atoms with E-state index in [0.29, 0.717) is 17.9 Å². The Labute approximate surface area is 169 Å². The van der Waals surface area contributed by atoms with Gasteiger partial charge in [0.25, 0.3) is 0 Å². The molecule has 146 valence electrons. The van der Waals surface area contributed by atoms with Gasteiger partial charge in [0.05, 0.1) is 37.4 Å². The molecule has 7 heteroatoms. The zero-order valence-electron chi connectivity index (χ0n) is 16.1. The summed E-state index contributed by atoms with van der Waals surface area (Å²) in [7, 11) is 0. The Bertz CT molecular complexity index is 1040. The molecule has 1 aliphatic rings. The molecular formula is C22H21N5O2. The summed E-state index contributed by atoms with van der Waals surface area (Å²) in [6, 6.07) is 15.4. The molecule has 4 rings (SSSR count). The lowest BCUT2D eigenvalue weighted by Gasteiger charge is -2.38. The molecule has 3 aromatic rings. The minimum Gasteiger partial charge on any atom is -0.379 e. The van der Waals surface area contributed by atoms with Crippen LogP contribution < -0.4 is 5.32 Å². The first-order valence-electron chi connectivity index (χ1n) is 9.40. The number of benzene rings is 1. The predicted octanol–water partition coefficient (Wildman–Crippen LogP) is 2.67. The Morgan fingerprint density at radius 1 is 1.24 bits per heavy atom. The number of aromatic nitrogens is 3. The van der Waals surface area contributed by atoms with E-state index in [-0.39, 0.29) is 17.7 Å². The largest absolute Gasteiger partial charge is 0.379 e. The van der Waals surface area contributed by atoms with E-state index in [1.54, 1.807) is 29.1 Å². The summed E-state index contributed by atoms with van der Waals surface area (Å²) in [5, 5.41) is 16.0. The SMILES string of the molecule is CC1(c2ccc(CC(=O)Nc3ccn(Cc4ccc(C#N)cn4)n3)cc2)COC1. The van der Waals surface area contributed by atoms with E-state index in [9.17, 15) is 4.79 Å².